The molecule has 1 aliphatic rings. The van der Waals surface area contributed by atoms with E-state index >= 15 is 0 Å². The molecule has 21 heavy (non-hydrogen) atoms. The fourth-order valence-corrected chi connectivity index (χ4v) is 2.64. The van der Waals surface area contributed by atoms with E-state index in [4.69, 9.17) is 0 Å². The van der Waals surface area contributed by atoms with Gasteiger partial charge in [0.05, 0.1) is 0 Å². The molecule has 2 rings (SSSR count). The number of benzene rings is 1. The predicted octanol–water partition coefficient (Wildman–Crippen LogP) is 2.18. The van der Waals surface area contributed by atoms with E-state index in [9.17, 15) is 9.18 Å². The van der Waals surface area contributed by atoms with Crippen molar-refractivity contribution in [3.05, 3.63) is 35.6 Å². The van der Waals surface area contributed by atoms with Crippen molar-refractivity contribution in [2.75, 3.05) is 19.6 Å². The van der Waals surface area contributed by atoms with Gasteiger partial charge in [0.15, 0.2) is 0 Å². The number of piperidine rings is 1. The Hall–Kier alpha value is -1.86. The number of carbonyl (C=O) groups is 1. The first-order valence-corrected chi connectivity index (χ1v) is 7.35. The Morgan fingerprint density at radius 2 is 2.19 bits per heavy atom. The maximum Gasteiger partial charge on any atom is 0.295 e. The first-order chi connectivity index (χ1) is 10.2. The Balaban J connectivity index is 1.73. The van der Waals surface area contributed by atoms with Crippen LogP contribution in [0.4, 0.5) is 4.39 Å². The van der Waals surface area contributed by atoms with Gasteiger partial charge < -0.3 is 5.32 Å². The molecule has 0 saturated carbocycles. The third-order valence-electron chi connectivity index (χ3n) is 3.79. The molecular weight excluding hydrogens is 267 g/mol. The largest absolute Gasteiger partial charge is 0.345 e. The smallest absolute Gasteiger partial charge is 0.295 e. The van der Waals surface area contributed by atoms with E-state index in [0.29, 0.717) is 12.5 Å². The zero-order valence-corrected chi connectivity index (χ0v) is 12.4. The van der Waals surface area contributed by atoms with Gasteiger partial charge in [-0.3, -0.25) is 9.69 Å². The van der Waals surface area contributed by atoms with Crippen molar-refractivity contribution in [1.29, 1.82) is 0 Å². The minimum atomic E-state index is -0.195. The molecule has 0 aromatic heterocycles. The van der Waals surface area contributed by atoms with Crippen LogP contribution in [0.25, 0.3) is 0 Å². The second-order valence-electron chi connectivity index (χ2n) is 5.43. The summed E-state index contributed by atoms with van der Waals surface area (Å²) in [5.41, 5.74) is 1.01. The summed E-state index contributed by atoms with van der Waals surface area (Å²) in [7, 11) is 0. The van der Waals surface area contributed by atoms with Gasteiger partial charge >= 0.3 is 0 Å². The van der Waals surface area contributed by atoms with Gasteiger partial charge in [-0.25, -0.2) is 4.39 Å². The average molecular weight is 288 g/mol. The predicted molar refractivity (Wildman–Crippen MR) is 80.9 cm³/mol. The number of hydrogen-bond acceptors (Lipinski definition) is 2. The molecule has 0 spiro atoms. The van der Waals surface area contributed by atoms with Gasteiger partial charge in [-0.1, -0.05) is 18.1 Å². The molecule has 1 heterocycles. The maximum absolute atomic E-state index is 13.2. The summed E-state index contributed by atoms with van der Waals surface area (Å²) in [6.45, 7) is 5.11. The van der Waals surface area contributed by atoms with Crippen LogP contribution in [-0.4, -0.2) is 30.4 Å². The summed E-state index contributed by atoms with van der Waals surface area (Å²) in [4.78, 5) is 13.6. The van der Waals surface area contributed by atoms with Crippen LogP contribution >= 0.6 is 0 Å². The number of hydrogen-bond donors (Lipinski definition) is 1. The number of nitrogens with one attached hydrogen (secondary N) is 1. The molecule has 0 atom stereocenters. The van der Waals surface area contributed by atoms with Gasteiger partial charge in [-0.2, -0.15) is 0 Å². The van der Waals surface area contributed by atoms with Crippen molar-refractivity contribution in [3.63, 3.8) is 0 Å². The topological polar surface area (TPSA) is 32.3 Å². The van der Waals surface area contributed by atoms with Gasteiger partial charge in [0, 0.05) is 13.1 Å². The molecule has 0 radical (unpaired) electrons. The molecule has 1 amide bonds. The molecule has 1 aliphatic heterocycles. The molecule has 4 heteroatoms. The number of carbonyl (C=O) groups excluding carboxylic acids is 1. The molecule has 1 N–H and O–H groups in total. The minimum Gasteiger partial charge on any atom is -0.345 e. The Bertz CT molecular complexity index is 539. The van der Waals surface area contributed by atoms with Gasteiger partial charge in [0.25, 0.3) is 5.91 Å². The fraction of sp³-hybridized carbons (Fsp3) is 0.471. The lowest BCUT2D eigenvalue weighted by atomic mass is 9.96. The molecule has 1 saturated heterocycles. The van der Waals surface area contributed by atoms with E-state index in [1.807, 2.05) is 6.07 Å². The van der Waals surface area contributed by atoms with Crippen LogP contribution in [-0.2, 0) is 11.3 Å². The summed E-state index contributed by atoms with van der Waals surface area (Å²) in [5, 5.41) is 2.84. The number of amides is 1. The Morgan fingerprint density at radius 3 is 2.86 bits per heavy atom. The number of rotatable bonds is 4. The van der Waals surface area contributed by atoms with E-state index < -0.39 is 0 Å². The molecule has 1 fully saturated rings. The molecule has 0 unspecified atom stereocenters. The lowest BCUT2D eigenvalue weighted by Crippen LogP contribution is -2.38. The Kier molecular flexibility index (Phi) is 5.77. The first kappa shape index (κ1) is 15.5. The van der Waals surface area contributed by atoms with Crippen molar-refractivity contribution >= 4 is 5.91 Å². The van der Waals surface area contributed by atoms with E-state index in [-0.39, 0.29) is 11.7 Å². The third kappa shape index (κ3) is 5.20. The van der Waals surface area contributed by atoms with Crippen molar-refractivity contribution in [1.82, 2.24) is 10.2 Å². The Morgan fingerprint density at radius 1 is 1.43 bits per heavy atom. The van der Waals surface area contributed by atoms with Gasteiger partial charge in [-0.15, -0.1) is 0 Å². The lowest BCUT2D eigenvalue weighted by Gasteiger charge is -2.31. The second kappa shape index (κ2) is 7.80. The Labute approximate surface area is 125 Å². The van der Waals surface area contributed by atoms with E-state index in [0.717, 1.165) is 38.0 Å². The molecule has 1 aromatic carbocycles. The van der Waals surface area contributed by atoms with E-state index in [2.05, 4.69) is 22.1 Å². The van der Waals surface area contributed by atoms with E-state index in [1.54, 1.807) is 19.1 Å². The normalized spacial score (nSPS) is 16.1. The van der Waals surface area contributed by atoms with Crippen LogP contribution in [0.2, 0.25) is 0 Å². The summed E-state index contributed by atoms with van der Waals surface area (Å²) in [6.07, 6.45) is 2.10. The van der Waals surface area contributed by atoms with Crippen LogP contribution in [0.15, 0.2) is 24.3 Å². The standard InChI is InChI=1S/C17H21FN2O/c1-2-4-17(21)19-12-14-7-9-20(10-8-14)13-15-5-3-6-16(18)11-15/h3,5-6,11,14H,7-10,12-13H2,1H3,(H,19,21). The maximum atomic E-state index is 13.2. The van der Waals surface area contributed by atoms with Crippen LogP contribution in [0.5, 0.6) is 0 Å². The monoisotopic (exact) mass is 288 g/mol. The first-order valence-electron chi connectivity index (χ1n) is 7.35. The van der Waals surface area contributed by atoms with Crippen molar-refractivity contribution in [3.8, 4) is 11.8 Å². The fourth-order valence-electron chi connectivity index (χ4n) is 2.64. The lowest BCUT2D eigenvalue weighted by molar-refractivity contribution is -0.115. The highest BCUT2D eigenvalue weighted by molar-refractivity contribution is 5.93. The highest BCUT2D eigenvalue weighted by Gasteiger charge is 2.19. The van der Waals surface area contributed by atoms with Crippen molar-refractivity contribution in [2.24, 2.45) is 5.92 Å². The quantitative estimate of drug-likeness (QED) is 0.861. The summed E-state index contributed by atoms with van der Waals surface area (Å²) in [5.74, 6) is 5.22. The number of nitrogens with zero attached hydrogens (tertiary/aromatic N) is 1. The molecule has 112 valence electrons. The zero-order valence-electron chi connectivity index (χ0n) is 12.4. The minimum absolute atomic E-state index is 0.179. The average Bonchev–Trinajstić information content (AvgIpc) is 2.47. The molecule has 1 aromatic rings. The van der Waals surface area contributed by atoms with E-state index in [1.165, 1.54) is 6.07 Å². The molecule has 0 bridgehead atoms. The summed E-state index contributed by atoms with van der Waals surface area (Å²) < 4.78 is 13.2. The molecular formula is C17H21FN2O. The summed E-state index contributed by atoms with van der Waals surface area (Å²) >= 11 is 0. The molecule has 0 aliphatic carbocycles. The van der Waals surface area contributed by atoms with Crippen LogP contribution in [0.3, 0.4) is 0 Å². The van der Waals surface area contributed by atoms with Crippen LogP contribution in [0.1, 0.15) is 25.3 Å². The SMILES string of the molecule is CC#CC(=O)NCC1CCN(Cc2cccc(F)c2)CC1. The second-order valence-corrected chi connectivity index (χ2v) is 5.43. The van der Waals surface area contributed by atoms with Crippen molar-refractivity contribution < 1.29 is 9.18 Å². The number of halogens is 1. The highest BCUT2D eigenvalue weighted by Crippen LogP contribution is 2.18. The van der Waals surface area contributed by atoms with Gasteiger partial charge in [0.2, 0.25) is 0 Å². The highest BCUT2D eigenvalue weighted by atomic mass is 19.1. The third-order valence-corrected chi connectivity index (χ3v) is 3.79. The molecule has 3 nitrogen and oxygen atoms in total. The van der Waals surface area contributed by atoms with Crippen molar-refractivity contribution in [2.45, 2.75) is 26.3 Å². The van der Waals surface area contributed by atoms with Gasteiger partial charge in [0.1, 0.15) is 5.82 Å². The van der Waals surface area contributed by atoms with Crippen LogP contribution < -0.4 is 5.32 Å². The van der Waals surface area contributed by atoms with Gasteiger partial charge in [-0.05, 0) is 62.4 Å². The number of likely N-dealkylation sites (tertiary alicyclic amines) is 1. The van der Waals surface area contributed by atoms with Crippen LogP contribution in [0, 0.1) is 23.6 Å². The zero-order chi connectivity index (χ0) is 15.1. The summed E-state index contributed by atoms with van der Waals surface area (Å²) in [6, 6.07) is 6.77.